The van der Waals surface area contributed by atoms with E-state index in [2.05, 4.69) is 15.9 Å². The first kappa shape index (κ1) is 14.4. The average Bonchev–Trinajstić information content (AvgIpc) is 2.36. The summed E-state index contributed by atoms with van der Waals surface area (Å²) in [4.78, 5) is 0. The second-order valence-corrected chi connectivity index (χ2v) is 5.47. The van der Waals surface area contributed by atoms with Crippen molar-refractivity contribution in [2.24, 2.45) is 0 Å². The minimum absolute atomic E-state index is 0.279. The van der Waals surface area contributed by atoms with Crippen molar-refractivity contribution in [2.45, 2.75) is 11.8 Å². The Kier molecular flexibility index (Phi) is 4.53. The zero-order valence-corrected chi connectivity index (χ0v) is 12.0. The third-order valence-electron chi connectivity index (χ3n) is 2.69. The summed E-state index contributed by atoms with van der Waals surface area (Å²) in [7, 11) is 0. The van der Waals surface area contributed by atoms with E-state index in [1.807, 2.05) is 0 Å². The summed E-state index contributed by atoms with van der Waals surface area (Å²) in [5, 5.41) is -0.532. The van der Waals surface area contributed by atoms with Crippen LogP contribution in [0.1, 0.15) is 16.5 Å². The Morgan fingerprint density at radius 1 is 1.00 bits per heavy atom. The van der Waals surface area contributed by atoms with Gasteiger partial charge in [0.15, 0.2) is 11.6 Å². The predicted octanol–water partition coefficient (Wildman–Crippen LogP) is 5.39. The van der Waals surface area contributed by atoms with Gasteiger partial charge in [0.2, 0.25) is 0 Å². The van der Waals surface area contributed by atoms with Crippen LogP contribution in [0, 0.1) is 17.5 Å². The molecule has 0 aliphatic carbocycles. The van der Waals surface area contributed by atoms with Crippen LogP contribution in [0.5, 0.6) is 0 Å². The lowest BCUT2D eigenvalue weighted by Crippen LogP contribution is -1.99. The SMILES string of the molecule is Fc1ccc(Br)c(C(Cl)Cc2ccc(F)c(F)c2)c1. The van der Waals surface area contributed by atoms with Gasteiger partial charge in [0.1, 0.15) is 5.82 Å². The molecular weight excluding hydrogens is 341 g/mol. The van der Waals surface area contributed by atoms with Crippen molar-refractivity contribution in [3.63, 3.8) is 0 Å². The number of benzene rings is 2. The molecule has 0 amide bonds. The number of alkyl halides is 1. The molecule has 1 unspecified atom stereocenters. The van der Waals surface area contributed by atoms with Crippen LogP contribution in [0.2, 0.25) is 0 Å². The molecule has 0 aliphatic heterocycles. The molecule has 2 aromatic rings. The molecule has 2 aromatic carbocycles. The van der Waals surface area contributed by atoms with Crippen LogP contribution in [0.25, 0.3) is 0 Å². The number of halogens is 5. The van der Waals surface area contributed by atoms with Gasteiger partial charge in [-0.2, -0.15) is 0 Å². The first-order valence-electron chi connectivity index (χ1n) is 5.50. The molecule has 0 heterocycles. The molecule has 19 heavy (non-hydrogen) atoms. The average molecular weight is 350 g/mol. The van der Waals surface area contributed by atoms with Crippen LogP contribution in [0.3, 0.4) is 0 Å². The number of hydrogen-bond acceptors (Lipinski definition) is 0. The lowest BCUT2D eigenvalue weighted by molar-refractivity contribution is 0.507. The fourth-order valence-electron chi connectivity index (χ4n) is 1.74. The van der Waals surface area contributed by atoms with Crippen molar-refractivity contribution in [2.75, 3.05) is 0 Å². The van der Waals surface area contributed by atoms with Crippen LogP contribution in [0.15, 0.2) is 40.9 Å². The Morgan fingerprint density at radius 3 is 2.42 bits per heavy atom. The van der Waals surface area contributed by atoms with Gasteiger partial charge in [-0.05, 0) is 47.9 Å². The van der Waals surface area contributed by atoms with Crippen LogP contribution in [-0.4, -0.2) is 0 Å². The summed E-state index contributed by atoms with van der Waals surface area (Å²) in [5.74, 6) is -2.21. The lowest BCUT2D eigenvalue weighted by Gasteiger charge is -2.12. The smallest absolute Gasteiger partial charge is 0.159 e. The summed E-state index contributed by atoms with van der Waals surface area (Å²) in [5.41, 5.74) is 1.13. The van der Waals surface area contributed by atoms with Crippen molar-refractivity contribution in [3.05, 3.63) is 69.4 Å². The van der Waals surface area contributed by atoms with Crippen molar-refractivity contribution < 1.29 is 13.2 Å². The normalized spacial score (nSPS) is 12.5. The van der Waals surface area contributed by atoms with Gasteiger partial charge in [0.05, 0.1) is 5.38 Å². The molecule has 0 saturated heterocycles. The summed E-state index contributed by atoms with van der Waals surface area (Å²) < 4.78 is 39.8. The van der Waals surface area contributed by atoms with E-state index in [-0.39, 0.29) is 6.42 Å². The van der Waals surface area contributed by atoms with Crippen molar-refractivity contribution >= 4 is 27.5 Å². The molecular formula is C14H9BrClF3. The Morgan fingerprint density at radius 2 is 1.74 bits per heavy atom. The summed E-state index contributed by atoms with van der Waals surface area (Å²) in [6.45, 7) is 0. The largest absolute Gasteiger partial charge is 0.207 e. The third-order valence-corrected chi connectivity index (χ3v) is 3.81. The number of hydrogen-bond donors (Lipinski definition) is 0. The van der Waals surface area contributed by atoms with Gasteiger partial charge >= 0.3 is 0 Å². The molecule has 0 aromatic heterocycles. The van der Waals surface area contributed by atoms with E-state index < -0.39 is 22.8 Å². The van der Waals surface area contributed by atoms with Gasteiger partial charge < -0.3 is 0 Å². The van der Waals surface area contributed by atoms with E-state index in [0.717, 1.165) is 12.1 Å². The monoisotopic (exact) mass is 348 g/mol. The van der Waals surface area contributed by atoms with Gasteiger partial charge in [-0.1, -0.05) is 22.0 Å². The van der Waals surface area contributed by atoms with Gasteiger partial charge in [0.25, 0.3) is 0 Å². The number of rotatable bonds is 3. The lowest BCUT2D eigenvalue weighted by atomic mass is 10.0. The Hall–Kier alpha value is -1.00. The fourth-order valence-corrected chi connectivity index (χ4v) is 2.75. The Balaban J connectivity index is 2.22. The molecule has 5 heteroatoms. The zero-order chi connectivity index (χ0) is 14.0. The standard InChI is InChI=1S/C14H9BrClF3/c15-11-3-2-9(17)7-10(11)12(16)5-8-1-4-13(18)14(19)6-8/h1-4,6-7,12H,5H2. The van der Waals surface area contributed by atoms with E-state index >= 15 is 0 Å². The second-order valence-electron chi connectivity index (χ2n) is 4.09. The molecule has 0 N–H and O–H groups in total. The van der Waals surface area contributed by atoms with Gasteiger partial charge in [-0.3, -0.25) is 0 Å². The Bertz CT molecular complexity index is 601. The summed E-state index contributed by atoms with van der Waals surface area (Å²) in [6.07, 6.45) is 0.279. The van der Waals surface area contributed by atoms with Crippen LogP contribution in [0.4, 0.5) is 13.2 Å². The van der Waals surface area contributed by atoms with Crippen molar-refractivity contribution in [1.29, 1.82) is 0 Å². The van der Waals surface area contributed by atoms with Gasteiger partial charge in [-0.15, -0.1) is 11.6 Å². The van der Waals surface area contributed by atoms with Crippen molar-refractivity contribution in [3.8, 4) is 0 Å². The fraction of sp³-hybridized carbons (Fsp3) is 0.143. The molecule has 0 saturated carbocycles. The van der Waals surface area contributed by atoms with E-state index in [4.69, 9.17) is 11.6 Å². The summed E-state index contributed by atoms with van der Waals surface area (Å²) >= 11 is 9.48. The van der Waals surface area contributed by atoms with Gasteiger partial charge in [0, 0.05) is 4.47 Å². The molecule has 0 aliphatic rings. The topological polar surface area (TPSA) is 0 Å². The molecule has 100 valence electrons. The van der Waals surface area contributed by atoms with E-state index in [0.29, 0.717) is 15.6 Å². The minimum Gasteiger partial charge on any atom is -0.207 e. The highest BCUT2D eigenvalue weighted by Crippen LogP contribution is 2.31. The molecule has 0 bridgehead atoms. The zero-order valence-electron chi connectivity index (χ0n) is 9.64. The molecule has 1 atom stereocenters. The Labute approximate surface area is 122 Å². The van der Waals surface area contributed by atoms with E-state index in [1.54, 1.807) is 6.07 Å². The molecule has 0 spiro atoms. The quantitative estimate of drug-likeness (QED) is 0.652. The molecule has 0 fully saturated rings. The van der Waals surface area contributed by atoms with Crippen molar-refractivity contribution in [1.82, 2.24) is 0 Å². The van der Waals surface area contributed by atoms with Crippen LogP contribution >= 0.6 is 27.5 Å². The first-order valence-corrected chi connectivity index (χ1v) is 6.73. The maximum absolute atomic E-state index is 13.2. The van der Waals surface area contributed by atoms with Gasteiger partial charge in [-0.25, -0.2) is 13.2 Å². The molecule has 0 radical (unpaired) electrons. The predicted molar refractivity (Wildman–Crippen MR) is 72.8 cm³/mol. The second kappa shape index (κ2) is 5.97. The molecule has 0 nitrogen and oxygen atoms in total. The van der Waals surface area contributed by atoms with Crippen LogP contribution < -0.4 is 0 Å². The van der Waals surface area contributed by atoms with Crippen LogP contribution in [-0.2, 0) is 6.42 Å². The maximum atomic E-state index is 13.2. The highest BCUT2D eigenvalue weighted by atomic mass is 79.9. The first-order chi connectivity index (χ1) is 8.97. The van der Waals surface area contributed by atoms with E-state index in [1.165, 1.54) is 18.2 Å². The maximum Gasteiger partial charge on any atom is 0.159 e. The third kappa shape index (κ3) is 3.51. The molecule has 2 rings (SSSR count). The summed E-state index contributed by atoms with van der Waals surface area (Å²) in [6, 6.07) is 7.80. The minimum atomic E-state index is -0.917. The highest BCUT2D eigenvalue weighted by molar-refractivity contribution is 9.10. The van der Waals surface area contributed by atoms with E-state index in [9.17, 15) is 13.2 Å². The highest BCUT2D eigenvalue weighted by Gasteiger charge is 2.14.